The van der Waals surface area contributed by atoms with E-state index in [9.17, 15) is 9.59 Å². The number of rotatable bonds is 3. The molecule has 0 radical (unpaired) electrons. The summed E-state index contributed by atoms with van der Waals surface area (Å²) >= 11 is 12.5. The van der Waals surface area contributed by atoms with Crippen LogP contribution < -0.4 is 9.47 Å². The van der Waals surface area contributed by atoms with Gasteiger partial charge in [-0.1, -0.05) is 18.2 Å². The number of benzene rings is 2. The lowest BCUT2D eigenvalue weighted by Gasteiger charge is -2.26. The van der Waals surface area contributed by atoms with E-state index in [2.05, 4.69) is 11.3 Å². The van der Waals surface area contributed by atoms with Gasteiger partial charge in [-0.2, -0.15) is 0 Å². The third-order valence-electron chi connectivity index (χ3n) is 4.24. The SMILES string of the molecule is C=CC(=O)Oc1c2c(c(OC(=O)OC)c3cc(Cl)ccc13)CCC(Cl)C2. The number of fused-ring (bicyclic) bond motifs is 2. The topological polar surface area (TPSA) is 61.8 Å². The first-order valence-corrected chi connectivity index (χ1v) is 8.77. The molecular formula is C19H16Cl2O5. The number of halogens is 2. The van der Waals surface area contributed by atoms with Gasteiger partial charge in [-0.25, -0.2) is 9.59 Å². The quantitative estimate of drug-likeness (QED) is 0.245. The molecule has 3 rings (SSSR count). The molecule has 1 unspecified atom stereocenters. The summed E-state index contributed by atoms with van der Waals surface area (Å²) in [6.07, 6.45) is 2.00. The van der Waals surface area contributed by atoms with Crippen LogP contribution in [0.1, 0.15) is 17.5 Å². The number of methoxy groups -OCH3 is 1. The summed E-state index contributed by atoms with van der Waals surface area (Å²) in [5.41, 5.74) is 1.49. The van der Waals surface area contributed by atoms with Crippen molar-refractivity contribution in [2.75, 3.05) is 7.11 Å². The van der Waals surface area contributed by atoms with Crippen LogP contribution in [0.25, 0.3) is 10.8 Å². The minimum Gasteiger partial charge on any atom is -0.437 e. The van der Waals surface area contributed by atoms with Crippen molar-refractivity contribution in [3.05, 3.63) is 47.0 Å². The lowest BCUT2D eigenvalue weighted by molar-refractivity contribution is -0.128. The van der Waals surface area contributed by atoms with Crippen LogP contribution in [-0.2, 0) is 22.4 Å². The van der Waals surface area contributed by atoms with Crippen LogP contribution in [0.5, 0.6) is 11.5 Å². The zero-order valence-electron chi connectivity index (χ0n) is 14.0. The van der Waals surface area contributed by atoms with Crippen molar-refractivity contribution >= 4 is 46.1 Å². The van der Waals surface area contributed by atoms with Gasteiger partial charge in [0.1, 0.15) is 11.5 Å². The smallest absolute Gasteiger partial charge is 0.437 e. The Morgan fingerprint density at radius 3 is 2.62 bits per heavy atom. The van der Waals surface area contributed by atoms with Gasteiger partial charge >= 0.3 is 12.1 Å². The van der Waals surface area contributed by atoms with Gasteiger partial charge in [0, 0.05) is 38.4 Å². The summed E-state index contributed by atoms with van der Waals surface area (Å²) in [6, 6.07) is 5.05. The number of carbonyl (C=O) groups is 2. The monoisotopic (exact) mass is 394 g/mol. The Balaban J connectivity index is 2.33. The lowest BCUT2D eigenvalue weighted by atomic mass is 9.87. The molecule has 1 atom stereocenters. The van der Waals surface area contributed by atoms with Crippen molar-refractivity contribution in [3.63, 3.8) is 0 Å². The molecule has 1 aliphatic carbocycles. The summed E-state index contributed by atoms with van der Waals surface area (Å²) < 4.78 is 15.6. The molecule has 0 amide bonds. The van der Waals surface area contributed by atoms with Gasteiger partial charge in [0.2, 0.25) is 0 Å². The van der Waals surface area contributed by atoms with Crippen LogP contribution in [0, 0.1) is 0 Å². The van der Waals surface area contributed by atoms with Gasteiger partial charge in [-0.3, -0.25) is 0 Å². The predicted octanol–water partition coefficient (Wildman–Crippen LogP) is 4.83. The summed E-state index contributed by atoms with van der Waals surface area (Å²) in [4.78, 5) is 23.6. The molecule has 5 nitrogen and oxygen atoms in total. The number of ether oxygens (including phenoxy) is 3. The van der Waals surface area contributed by atoms with E-state index < -0.39 is 12.1 Å². The van der Waals surface area contributed by atoms with E-state index in [-0.39, 0.29) is 5.38 Å². The van der Waals surface area contributed by atoms with Gasteiger partial charge in [0.05, 0.1) is 7.11 Å². The molecular weight excluding hydrogens is 379 g/mol. The number of esters is 1. The Labute approximate surface area is 160 Å². The second kappa shape index (κ2) is 7.56. The first kappa shape index (κ1) is 18.5. The molecule has 26 heavy (non-hydrogen) atoms. The number of alkyl halides is 1. The van der Waals surface area contributed by atoms with Crippen molar-refractivity contribution in [3.8, 4) is 11.5 Å². The average Bonchev–Trinajstić information content (AvgIpc) is 2.63. The molecule has 0 saturated carbocycles. The second-order valence-corrected chi connectivity index (χ2v) is 6.88. The summed E-state index contributed by atoms with van der Waals surface area (Å²) in [7, 11) is 1.24. The Hall–Kier alpha value is -2.24. The van der Waals surface area contributed by atoms with Crippen LogP contribution in [0.2, 0.25) is 5.02 Å². The Morgan fingerprint density at radius 1 is 1.19 bits per heavy atom. The van der Waals surface area contributed by atoms with Crippen molar-refractivity contribution in [2.24, 2.45) is 0 Å². The zero-order valence-corrected chi connectivity index (χ0v) is 15.5. The average molecular weight is 395 g/mol. The van der Waals surface area contributed by atoms with E-state index in [4.69, 9.17) is 32.7 Å². The highest BCUT2D eigenvalue weighted by atomic mass is 35.5. The molecule has 1 aliphatic rings. The predicted molar refractivity (Wildman–Crippen MR) is 99.5 cm³/mol. The summed E-state index contributed by atoms with van der Waals surface area (Å²) in [5, 5.41) is 1.49. The van der Waals surface area contributed by atoms with Gasteiger partial charge in [0.15, 0.2) is 0 Å². The number of carbonyl (C=O) groups excluding carboxylic acids is 2. The highest BCUT2D eigenvalue weighted by molar-refractivity contribution is 6.31. The molecule has 136 valence electrons. The molecule has 0 heterocycles. The minimum absolute atomic E-state index is 0.112. The third-order valence-corrected chi connectivity index (χ3v) is 4.85. The van der Waals surface area contributed by atoms with Crippen molar-refractivity contribution in [1.82, 2.24) is 0 Å². The lowest BCUT2D eigenvalue weighted by Crippen LogP contribution is -2.19. The maximum Gasteiger partial charge on any atom is 0.513 e. The molecule has 0 N–H and O–H groups in total. The molecule has 2 aromatic rings. The Bertz CT molecular complexity index is 907. The molecule has 2 aromatic carbocycles. The van der Waals surface area contributed by atoms with E-state index in [0.717, 1.165) is 17.2 Å². The van der Waals surface area contributed by atoms with E-state index in [1.54, 1.807) is 18.2 Å². The van der Waals surface area contributed by atoms with Gasteiger partial charge in [-0.05, 0) is 37.5 Å². The molecule has 0 bridgehead atoms. The highest BCUT2D eigenvalue weighted by Gasteiger charge is 2.29. The van der Waals surface area contributed by atoms with Crippen molar-refractivity contribution < 1.29 is 23.8 Å². The first-order valence-electron chi connectivity index (χ1n) is 7.95. The number of hydrogen-bond acceptors (Lipinski definition) is 5. The van der Waals surface area contributed by atoms with Crippen LogP contribution >= 0.6 is 23.2 Å². The molecule has 0 spiro atoms. The summed E-state index contributed by atoms with van der Waals surface area (Å²) in [5.74, 6) is 0.159. The Morgan fingerprint density at radius 2 is 1.92 bits per heavy atom. The Kier molecular flexibility index (Phi) is 5.39. The fourth-order valence-electron chi connectivity index (χ4n) is 3.11. The maximum atomic E-state index is 11.9. The van der Waals surface area contributed by atoms with Crippen LogP contribution in [-0.4, -0.2) is 24.6 Å². The largest absolute Gasteiger partial charge is 0.513 e. The third kappa shape index (κ3) is 3.50. The van der Waals surface area contributed by atoms with Crippen LogP contribution in [0.15, 0.2) is 30.9 Å². The fourth-order valence-corrected chi connectivity index (χ4v) is 3.54. The van der Waals surface area contributed by atoms with E-state index in [0.29, 0.717) is 46.6 Å². The second-order valence-electron chi connectivity index (χ2n) is 5.83. The van der Waals surface area contributed by atoms with Crippen LogP contribution in [0.3, 0.4) is 0 Å². The summed E-state index contributed by atoms with van der Waals surface area (Å²) in [6.45, 7) is 3.44. The normalized spacial score (nSPS) is 15.9. The zero-order chi connectivity index (χ0) is 18.8. The van der Waals surface area contributed by atoms with Gasteiger partial charge in [-0.15, -0.1) is 11.6 Å². The first-order chi connectivity index (χ1) is 12.4. The fraction of sp³-hybridized carbons (Fsp3) is 0.263. The van der Waals surface area contributed by atoms with Gasteiger partial charge < -0.3 is 14.2 Å². The van der Waals surface area contributed by atoms with Crippen molar-refractivity contribution in [1.29, 1.82) is 0 Å². The van der Waals surface area contributed by atoms with E-state index in [1.807, 2.05) is 0 Å². The highest BCUT2D eigenvalue weighted by Crippen LogP contribution is 2.45. The van der Waals surface area contributed by atoms with E-state index in [1.165, 1.54) is 7.11 Å². The standard InChI is InChI=1S/C19H16Cl2O5/c1-3-16(22)25-17-12-6-4-11(21)9-15(12)18(26-19(23)24-2)13-7-5-10(20)8-14(13)17/h3-4,6,9-10H,1,5,7-8H2,2H3. The molecule has 0 aliphatic heterocycles. The molecule has 0 aromatic heterocycles. The molecule has 0 saturated heterocycles. The molecule has 0 fully saturated rings. The minimum atomic E-state index is -0.836. The number of hydrogen-bond donors (Lipinski definition) is 0. The van der Waals surface area contributed by atoms with Gasteiger partial charge in [0.25, 0.3) is 0 Å². The van der Waals surface area contributed by atoms with Crippen molar-refractivity contribution in [2.45, 2.75) is 24.6 Å². The van der Waals surface area contributed by atoms with E-state index >= 15 is 0 Å². The maximum absolute atomic E-state index is 11.9. The molecule has 7 heteroatoms. The van der Waals surface area contributed by atoms with Crippen LogP contribution in [0.4, 0.5) is 4.79 Å².